The minimum atomic E-state index is -1.39. The molecule has 1 amide bonds. The molecule has 0 aliphatic carbocycles. The van der Waals surface area contributed by atoms with Gasteiger partial charge in [0.15, 0.2) is 0 Å². The Morgan fingerprint density at radius 3 is 2.41 bits per heavy atom. The number of benzene rings is 1. The van der Waals surface area contributed by atoms with Crippen LogP contribution in [0.2, 0.25) is 0 Å². The largest absolute Gasteiger partial charge is 0.480 e. The Hall–Kier alpha value is -2.12. The van der Waals surface area contributed by atoms with Crippen molar-refractivity contribution in [1.29, 1.82) is 0 Å². The van der Waals surface area contributed by atoms with Gasteiger partial charge in [-0.05, 0) is 5.56 Å². The first-order chi connectivity index (χ1) is 10.4. The van der Waals surface area contributed by atoms with Crippen LogP contribution in [-0.4, -0.2) is 46.6 Å². The van der Waals surface area contributed by atoms with E-state index in [1.54, 1.807) is 24.3 Å². The van der Waals surface area contributed by atoms with E-state index in [1.165, 1.54) is 7.11 Å². The predicted molar refractivity (Wildman–Crippen MR) is 78.9 cm³/mol. The molecular formula is C14H17ClN2O5. The number of hydrogen-bond acceptors (Lipinski definition) is 5. The van der Waals surface area contributed by atoms with E-state index in [1.807, 2.05) is 6.07 Å². The van der Waals surface area contributed by atoms with Gasteiger partial charge in [-0.2, -0.15) is 0 Å². The Balaban J connectivity index is 2.84. The summed E-state index contributed by atoms with van der Waals surface area (Å²) in [6.07, 6.45) is -0.369. The highest BCUT2D eigenvalue weighted by Crippen LogP contribution is 2.15. The van der Waals surface area contributed by atoms with Gasteiger partial charge in [-0.1, -0.05) is 30.3 Å². The quantitative estimate of drug-likeness (QED) is 0.559. The number of halogens is 1. The van der Waals surface area contributed by atoms with Crippen molar-refractivity contribution in [2.45, 2.75) is 24.9 Å². The number of carbonyl (C=O) groups is 3. The second kappa shape index (κ2) is 8.35. The third-order valence-corrected chi connectivity index (χ3v) is 3.39. The molecule has 120 valence electrons. The van der Waals surface area contributed by atoms with Gasteiger partial charge in [-0.3, -0.25) is 9.59 Å². The summed E-state index contributed by atoms with van der Waals surface area (Å²) < 4.78 is 5.30. The van der Waals surface area contributed by atoms with Gasteiger partial charge in [0.25, 0.3) is 0 Å². The van der Waals surface area contributed by atoms with Gasteiger partial charge >= 0.3 is 11.9 Å². The summed E-state index contributed by atoms with van der Waals surface area (Å²) >= 11 is 5.90. The molecule has 0 saturated heterocycles. The number of methoxy groups -OCH3 is 1. The van der Waals surface area contributed by atoms with Gasteiger partial charge in [-0.25, -0.2) is 9.21 Å². The summed E-state index contributed by atoms with van der Waals surface area (Å²) in [6, 6.07) is 6.47. The van der Waals surface area contributed by atoms with E-state index < -0.39 is 36.4 Å². The minimum Gasteiger partial charge on any atom is -0.480 e. The number of hydrogen-bond donors (Lipinski definition) is 2. The lowest BCUT2D eigenvalue weighted by Gasteiger charge is -2.24. The Morgan fingerprint density at radius 2 is 1.91 bits per heavy atom. The molecule has 0 fully saturated rings. The summed E-state index contributed by atoms with van der Waals surface area (Å²) in [6.45, 7) is 0. The standard InChI is InChI=1S/C14H17ClN2O5/c1-22-14(21)11(7-9-5-3-2-4-6-9)17(15)12(18)8-10(16)13(19)20/h2-6,10-11H,7-8,16H2,1H3,(H,19,20)/t10-,11?/m0/s1. The Bertz CT molecular complexity index is 537. The summed E-state index contributed by atoms with van der Waals surface area (Å²) in [5.74, 6) is -2.78. The van der Waals surface area contributed by atoms with Crippen molar-refractivity contribution in [1.82, 2.24) is 4.42 Å². The Labute approximate surface area is 132 Å². The number of nitrogens with zero attached hydrogens (tertiary/aromatic N) is 1. The number of esters is 1. The zero-order valence-electron chi connectivity index (χ0n) is 11.9. The fourth-order valence-electron chi connectivity index (χ4n) is 1.77. The maximum atomic E-state index is 12.0. The number of nitrogens with two attached hydrogens (primary N) is 1. The molecule has 0 aliphatic rings. The van der Waals surface area contributed by atoms with Gasteiger partial charge in [-0.15, -0.1) is 0 Å². The lowest BCUT2D eigenvalue weighted by atomic mass is 10.1. The van der Waals surface area contributed by atoms with Crippen LogP contribution in [0.4, 0.5) is 0 Å². The third-order valence-electron chi connectivity index (χ3n) is 2.97. The van der Waals surface area contributed by atoms with Crippen LogP contribution < -0.4 is 5.73 Å². The van der Waals surface area contributed by atoms with Gasteiger partial charge in [0.05, 0.1) is 13.5 Å². The van der Waals surface area contributed by atoms with Crippen LogP contribution in [0.1, 0.15) is 12.0 Å². The zero-order valence-corrected chi connectivity index (χ0v) is 12.7. The molecule has 0 heterocycles. The first-order valence-electron chi connectivity index (χ1n) is 6.44. The number of carboxylic acids is 1. The third kappa shape index (κ3) is 5.01. The van der Waals surface area contributed by atoms with E-state index in [4.69, 9.17) is 22.6 Å². The summed E-state index contributed by atoms with van der Waals surface area (Å²) in [5.41, 5.74) is 6.07. The first kappa shape index (κ1) is 17.9. The number of rotatable bonds is 7. The monoisotopic (exact) mass is 328 g/mol. The molecule has 1 aromatic rings. The van der Waals surface area contributed by atoms with Crippen LogP contribution >= 0.6 is 11.8 Å². The average molecular weight is 329 g/mol. The molecule has 0 radical (unpaired) electrons. The van der Waals surface area contributed by atoms with Crippen molar-refractivity contribution in [3.8, 4) is 0 Å². The summed E-state index contributed by atoms with van der Waals surface area (Å²) in [5, 5.41) is 8.71. The van der Waals surface area contributed by atoms with Crippen LogP contribution in [0.5, 0.6) is 0 Å². The lowest BCUT2D eigenvalue weighted by Crippen LogP contribution is -2.44. The average Bonchev–Trinajstić information content (AvgIpc) is 2.51. The molecule has 0 aromatic heterocycles. The van der Waals surface area contributed by atoms with E-state index in [0.717, 1.165) is 5.56 Å². The Kier molecular flexibility index (Phi) is 6.81. The van der Waals surface area contributed by atoms with Crippen molar-refractivity contribution in [2.24, 2.45) is 5.73 Å². The highest BCUT2D eigenvalue weighted by Gasteiger charge is 2.31. The highest BCUT2D eigenvalue weighted by atomic mass is 35.5. The molecular weight excluding hydrogens is 312 g/mol. The van der Waals surface area contributed by atoms with Crippen LogP contribution in [0.15, 0.2) is 30.3 Å². The van der Waals surface area contributed by atoms with Crippen LogP contribution in [0, 0.1) is 0 Å². The van der Waals surface area contributed by atoms with Gasteiger partial charge < -0.3 is 15.6 Å². The van der Waals surface area contributed by atoms with E-state index in [0.29, 0.717) is 4.42 Å². The molecule has 1 rings (SSSR count). The smallest absolute Gasteiger partial charge is 0.330 e. The molecule has 22 heavy (non-hydrogen) atoms. The molecule has 1 aromatic carbocycles. The topological polar surface area (TPSA) is 110 Å². The van der Waals surface area contributed by atoms with Crippen molar-refractivity contribution in [2.75, 3.05) is 7.11 Å². The van der Waals surface area contributed by atoms with Crippen molar-refractivity contribution < 1.29 is 24.2 Å². The second-order valence-corrected chi connectivity index (χ2v) is 4.95. The molecule has 1 unspecified atom stereocenters. The van der Waals surface area contributed by atoms with E-state index in [2.05, 4.69) is 4.74 Å². The molecule has 3 N–H and O–H groups in total. The molecule has 8 heteroatoms. The molecule has 0 bridgehead atoms. The van der Waals surface area contributed by atoms with Crippen molar-refractivity contribution in [3.63, 3.8) is 0 Å². The van der Waals surface area contributed by atoms with Crippen LogP contribution in [0.3, 0.4) is 0 Å². The number of carboxylic acid groups (broad SMARTS) is 1. The van der Waals surface area contributed by atoms with E-state index in [9.17, 15) is 14.4 Å². The molecule has 0 spiro atoms. The number of ether oxygens (including phenoxy) is 1. The fourth-order valence-corrected chi connectivity index (χ4v) is 1.98. The normalized spacial score (nSPS) is 13.0. The maximum Gasteiger partial charge on any atom is 0.330 e. The molecule has 0 saturated carbocycles. The number of aliphatic carboxylic acids is 1. The second-order valence-electron chi connectivity index (χ2n) is 4.58. The molecule has 0 aliphatic heterocycles. The van der Waals surface area contributed by atoms with E-state index >= 15 is 0 Å². The predicted octanol–water partition coefficient (Wildman–Crippen LogP) is 0.555. The molecule has 2 atom stereocenters. The van der Waals surface area contributed by atoms with Gasteiger partial charge in [0, 0.05) is 18.2 Å². The fraction of sp³-hybridized carbons (Fsp3) is 0.357. The summed E-state index contributed by atoms with van der Waals surface area (Å²) in [7, 11) is 1.18. The van der Waals surface area contributed by atoms with Crippen LogP contribution in [0.25, 0.3) is 0 Å². The Morgan fingerprint density at radius 1 is 1.32 bits per heavy atom. The molecule has 7 nitrogen and oxygen atoms in total. The summed E-state index contributed by atoms with van der Waals surface area (Å²) in [4.78, 5) is 34.5. The van der Waals surface area contributed by atoms with Gasteiger partial charge in [0.2, 0.25) is 5.91 Å². The van der Waals surface area contributed by atoms with Crippen molar-refractivity contribution >= 4 is 29.6 Å². The minimum absolute atomic E-state index is 0.144. The van der Waals surface area contributed by atoms with E-state index in [-0.39, 0.29) is 6.42 Å². The highest BCUT2D eigenvalue weighted by molar-refractivity contribution is 6.23. The van der Waals surface area contributed by atoms with Crippen LogP contribution in [-0.2, 0) is 25.5 Å². The first-order valence-corrected chi connectivity index (χ1v) is 6.78. The van der Waals surface area contributed by atoms with Gasteiger partial charge in [0.1, 0.15) is 12.1 Å². The van der Waals surface area contributed by atoms with Crippen molar-refractivity contribution in [3.05, 3.63) is 35.9 Å². The number of carbonyl (C=O) groups excluding carboxylic acids is 2. The SMILES string of the molecule is COC(=O)C(Cc1ccccc1)N(Cl)C(=O)C[C@H](N)C(=O)O. The number of amides is 1. The maximum absolute atomic E-state index is 12.0. The zero-order chi connectivity index (χ0) is 16.7. The lowest BCUT2D eigenvalue weighted by molar-refractivity contribution is -0.149.